The van der Waals surface area contributed by atoms with Crippen LogP contribution in [0.15, 0.2) is 53.0 Å². The van der Waals surface area contributed by atoms with Gasteiger partial charge in [0.05, 0.1) is 0 Å². The van der Waals surface area contributed by atoms with E-state index in [1.54, 1.807) is 11.8 Å². The number of amides is 2. The van der Waals surface area contributed by atoms with Crippen molar-refractivity contribution in [2.45, 2.75) is 52.7 Å². The first-order valence-electron chi connectivity index (χ1n) is 9.84. The molecule has 2 amide bonds. The average molecular weight is 461 g/mol. The van der Waals surface area contributed by atoms with Gasteiger partial charge in [-0.15, -0.1) is 0 Å². The Morgan fingerprint density at radius 2 is 1.76 bits per heavy atom. The third kappa shape index (κ3) is 6.89. The zero-order valence-electron chi connectivity index (χ0n) is 17.4. The van der Waals surface area contributed by atoms with Crippen molar-refractivity contribution in [1.82, 2.24) is 10.2 Å². The van der Waals surface area contributed by atoms with Crippen LogP contribution in [0.2, 0.25) is 0 Å². The lowest BCUT2D eigenvalue weighted by atomic mass is 10.1. The van der Waals surface area contributed by atoms with E-state index in [0.717, 1.165) is 22.0 Å². The molecule has 0 saturated heterocycles. The molecule has 0 aliphatic heterocycles. The van der Waals surface area contributed by atoms with Crippen LogP contribution in [0.1, 0.15) is 38.3 Å². The first kappa shape index (κ1) is 22.9. The minimum atomic E-state index is -0.611. The van der Waals surface area contributed by atoms with Crippen molar-refractivity contribution >= 4 is 27.7 Å². The van der Waals surface area contributed by atoms with Gasteiger partial charge >= 0.3 is 0 Å². The molecule has 0 aliphatic rings. The Morgan fingerprint density at radius 1 is 1.10 bits per heavy atom. The van der Waals surface area contributed by atoms with E-state index in [1.165, 1.54) is 0 Å². The van der Waals surface area contributed by atoms with Gasteiger partial charge in [-0.3, -0.25) is 9.59 Å². The smallest absolute Gasteiger partial charge is 0.261 e. The molecule has 156 valence electrons. The lowest BCUT2D eigenvalue weighted by molar-refractivity contribution is -0.142. The number of hydrogen-bond acceptors (Lipinski definition) is 3. The molecular formula is C23H29BrN2O3. The van der Waals surface area contributed by atoms with Crippen molar-refractivity contribution in [3.8, 4) is 5.75 Å². The second-order valence-electron chi connectivity index (χ2n) is 7.20. The first-order valence-corrected chi connectivity index (χ1v) is 10.6. The summed E-state index contributed by atoms with van der Waals surface area (Å²) in [6.07, 6.45) is 0.829. The second kappa shape index (κ2) is 11.0. The van der Waals surface area contributed by atoms with Crippen molar-refractivity contribution in [1.29, 1.82) is 0 Å². The molecule has 5 nitrogen and oxygen atoms in total. The molecule has 2 rings (SSSR count). The van der Waals surface area contributed by atoms with Gasteiger partial charge in [0.2, 0.25) is 5.91 Å². The topological polar surface area (TPSA) is 58.6 Å². The molecule has 0 aromatic heterocycles. The Kier molecular flexibility index (Phi) is 8.70. The highest BCUT2D eigenvalue weighted by Gasteiger charge is 2.27. The van der Waals surface area contributed by atoms with Crippen molar-refractivity contribution in [2.24, 2.45) is 0 Å². The fourth-order valence-corrected chi connectivity index (χ4v) is 3.04. The van der Waals surface area contributed by atoms with Crippen LogP contribution in [0.4, 0.5) is 0 Å². The minimum Gasteiger partial charge on any atom is -0.484 e. The van der Waals surface area contributed by atoms with Gasteiger partial charge in [-0.25, -0.2) is 0 Å². The lowest BCUT2D eigenvalue weighted by Crippen LogP contribution is -2.50. The number of benzene rings is 2. The molecular weight excluding hydrogens is 432 g/mol. The number of nitrogens with zero attached hydrogens (tertiary/aromatic N) is 1. The molecule has 2 aromatic carbocycles. The number of carbonyl (C=O) groups excluding carboxylic acids is 2. The Labute approximate surface area is 181 Å². The molecule has 2 aromatic rings. The van der Waals surface area contributed by atoms with Crippen LogP contribution in [0.5, 0.6) is 5.75 Å². The van der Waals surface area contributed by atoms with Crippen LogP contribution in [0, 0.1) is 6.92 Å². The highest BCUT2D eigenvalue weighted by molar-refractivity contribution is 9.10. The number of carbonyl (C=O) groups is 2. The molecule has 0 heterocycles. The van der Waals surface area contributed by atoms with Crippen LogP contribution < -0.4 is 10.1 Å². The largest absolute Gasteiger partial charge is 0.484 e. The summed E-state index contributed by atoms with van der Waals surface area (Å²) in [7, 11) is 0. The van der Waals surface area contributed by atoms with Gasteiger partial charge in [-0.05, 0) is 56.5 Å². The number of rotatable bonds is 9. The predicted molar refractivity (Wildman–Crippen MR) is 119 cm³/mol. The van der Waals surface area contributed by atoms with Gasteiger partial charge in [0.25, 0.3) is 5.91 Å². The number of nitrogens with one attached hydrogen (secondary N) is 1. The molecule has 0 fully saturated rings. The fraction of sp³-hybridized carbons (Fsp3) is 0.391. The second-order valence-corrected chi connectivity index (χ2v) is 8.11. The van der Waals surface area contributed by atoms with Crippen molar-refractivity contribution < 1.29 is 14.3 Å². The normalized spacial score (nSPS) is 12.7. The SMILES string of the molecule is CCC(C)NC(=O)C(C)N(Cc1ccc(Br)cc1)C(=O)COc1ccccc1C. The van der Waals surface area contributed by atoms with Crippen molar-refractivity contribution in [2.75, 3.05) is 6.61 Å². The standard InChI is InChI=1S/C23H29BrN2O3/c1-5-17(3)25-23(28)18(4)26(14-19-10-12-20(24)13-11-19)22(27)15-29-21-9-7-6-8-16(21)2/h6-13,17-18H,5,14-15H2,1-4H3,(H,25,28). The molecule has 0 radical (unpaired) electrons. The summed E-state index contributed by atoms with van der Waals surface area (Å²) in [5.41, 5.74) is 1.91. The Balaban J connectivity index is 2.15. The molecule has 0 saturated carbocycles. The highest BCUT2D eigenvalue weighted by atomic mass is 79.9. The molecule has 0 bridgehead atoms. The number of hydrogen-bond donors (Lipinski definition) is 1. The molecule has 1 N–H and O–H groups in total. The Morgan fingerprint density at radius 3 is 2.38 bits per heavy atom. The van der Waals surface area contributed by atoms with E-state index in [9.17, 15) is 9.59 Å². The van der Waals surface area contributed by atoms with Crippen LogP contribution in [0.3, 0.4) is 0 Å². The summed E-state index contributed by atoms with van der Waals surface area (Å²) in [6.45, 7) is 7.85. The van der Waals surface area contributed by atoms with E-state index in [4.69, 9.17) is 4.74 Å². The maximum absolute atomic E-state index is 13.0. The van der Waals surface area contributed by atoms with Crippen LogP contribution >= 0.6 is 15.9 Å². The number of halogens is 1. The first-order chi connectivity index (χ1) is 13.8. The van der Waals surface area contributed by atoms with E-state index < -0.39 is 6.04 Å². The summed E-state index contributed by atoms with van der Waals surface area (Å²) in [5, 5.41) is 2.96. The van der Waals surface area contributed by atoms with Gasteiger partial charge in [0.1, 0.15) is 11.8 Å². The van der Waals surface area contributed by atoms with Crippen LogP contribution in [-0.2, 0) is 16.1 Å². The molecule has 2 unspecified atom stereocenters. The van der Waals surface area contributed by atoms with E-state index in [-0.39, 0.29) is 24.5 Å². The third-order valence-corrected chi connectivity index (χ3v) is 5.41. The van der Waals surface area contributed by atoms with E-state index in [1.807, 2.05) is 69.3 Å². The quantitative estimate of drug-likeness (QED) is 0.600. The third-order valence-electron chi connectivity index (χ3n) is 4.88. The van der Waals surface area contributed by atoms with Gasteiger partial charge in [-0.2, -0.15) is 0 Å². The minimum absolute atomic E-state index is 0.0535. The maximum atomic E-state index is 13.0. The van der Waals surface area contributed by atoms with Crippen LogP contribution in [-0.4, -0.2) is 35.4 Å². The lowest BCUT2D eigenvalue weighted by Gasteiger charge is -2.29. The summed E-state index contributed by atoms with van der Waals surface area (Å²) < 4.78 is 6.70. The van der Waals surface area contributed by atoms with Gasteiger partial charge in [0, 0.05) is 17.1 Å². The highest BCUT2D eigenvalue weighted by Crippen LogP contribution is 2.18. The van der Waals surface area contributed by atoms with E-state index >= 15 is 0 Å². The van der Waals surface area contributed by atoms with Crippen molar-refractivity contribution in [3.63, 3.8) is 0 Å². The molecule has 2 atom stereocenters. The number of ether oxygens (including phenoxy) is 1. The molecule has 0 spiro atoms. The summed E-state index contributed by atoms with van der Waals surface area (Å²) in [6, 6.07) is 14.7. The van der Waals surface area contributed by atoms with Gasteiger partial charge in [0.15, 0.2) is 6.61 Å². The van der Waals surface area contributed by atoms with Gasteiger partial charge in [-0.1, -0.05) is 53.2 Å². The molecule has 29 heavy (non-hydrogen) atoms. The Bertz CT molecular complexity index is 823. The maximum Gasteiger partial charge on any atom is 0.261 e. The average Bonchev–Trinajstić information content (AvgIpc) is 2.71. The fourth-order valence-electron chi connectivity index (χ4n) is 2.78. The van der Waals surface area contributed by atoms with Crippen LogP contribution in [0.25, 0.3) is 0 Å². The predicted octanol–water partition coefficient (Wildman–Crippen LogP) is 4.47. The monoisotopic (exact) mass is 460 g/mol. The zero-order chi connectivity index (χ0) is 21.4. The van der Waals surface area contributed by atoms with Crippen molar-refractivity contribution in [3.05, 3.63) is 64.1 Å². The zero-order valence-corrected chi connectivity index (χ0v) is 19.0. The molecule has 0 aliphatic carbocycles. The van der Waals surface area contributed by atoms with E-state index in [0.29, 0.717) is 12.3 Å². The number of para-hydroxylation sites is 1. The van der Waals surface area contributed by atoms with E-state index in [2.05, 4.69) is 21.2 Å². The Hall–Kier alpha value is -2.34. The summed E-state index contributed by atoms with van der Waals surface area (Å²) in [4.78, 5) is 27.3. The molecule has 6 heteroatoms. The summed E-state index contributed by atoms with van der Waals surface area (Å²) in [5.74, 6) is 0.268. The van der Waals surface area contributed by atoms with Gasteiger partial charge < -0.3 is 15.0 Å². The number of aryl methyl sites for hydroxylation is 1. The summed E-state index contributed by atoms with van der Waals surface area (Å²) >= 11 is 3.42.